The first-order chi connectivity index (χ1) is 14.6. The molecule has 3 rings (SSSR count). The number of rotatable bonds is 10. The van der Waals surface area contributed by atoms with E-state index in [9.17, 15) is 9.59 Å². The van der Waals surface area contributed by atoms with Gasteiger partial charge in [0.1, 0.15) is 6.61 Å². The molecule has 0 spiro atoms. The first-order valence-electron chi connectivity index (χ1n) is 10.9. The molecule has 0 aliphatic carbocycles. The van der Waals surface area contributed by atoms with Gasteiger partial charge in [-0.15, -0.1) is 0 Å². The maximum absolute atomic E-state index is 13.2. The van der Waals surface area contributed by atoms with Crippen LogP contribution in [0.3, 0.4) is 0 Å². The summed E-state index contributed by atoms with van der Waals surface area (Å²) in [7, 11) is 0. The van der Waals surface area contributed by atoms with Gasteiger partial charge < -0.3 is 10.1 Å². The summed E-state index contributed by atoms with van der Waals surface area (Å²) in [6, 6.07) is 20.3. The topological polar surface area (TPSA) is 58.6 Å². The Morgan fingerprint density at radius 3 is 2.33 bits per heavy atom. The van der Waals surface area contributed by atoms with Crippen LogP contribution < -0.4 is 5.32 Å². The van der Waals surface area contributed by atoms with Gasteiger partial charge in [0, 0.05) is 18.5 Å². The third-order valence-electron chi connectivity index (χ3n) is 5.80. The van der Waals surface area contributed by atoms with Gasteiger partial charge >= 0.3 is 6.09 Å². The van der Waals surface area contributed by atoms with Crippen molar-refractivity contribution in [2.75, 3.05) is 6.61 Å². The quantitative estimate of drug-likeness (QED) is 0.626. The molecule has 3 atom stereocenters. The average molecular weight is 409 g/mol. The predicted octanol–water partition coefficient (Wildman–Crippen LogP) is 4.56. The van der Waals surface area contributed by atoms with Gasteiger partial charge in [-0.2, -0.15) is 0 Å². The van der Waals surface area contributed by atoms with Gasteiger partial charge in [-0.1, -0.05) is 67.6 Å². The molecule has 0 bridgehead atoms. The first-order valence-corrected chi connectivity index (χ1v) is 10.9. The summed E-state index contributed by atoms with van der Waals surface area (Å²) in [4.78, 5) is 26.9. The highest BCUT2D eigenvalue weighted by atomic mass is 16.6. The average Bonchev–Trinajstić information content (AvgIpc) is 3.13. The maximum atomic E-state index is 13.2. The third-order valence-corrected chi connectivity index (χ3v) is 5.80. The molecule has 5 nitrogen and oxygen atoms in total. The van der Waals surface area contributed by atoms with E-state index in [1.807, 2.05) is 55.5 Å². The Kier molecular flexibility index (Phi) is 8.03. The van der Waals surface area contributed by atoms with E-state index >= 15 is 0 Å². The number of benzene rings is 2. The number of imide groups is 1. The predicted molar refractivity (Wildman–Crippen MR) is 118 cm³/mol. The van der Waals surface area contributed by atoms with Gasteiger partial charge in [0.25, 0.3) is 0 Å². The number of amides is 2. The number of carbonyl (C=O) groups excluding carboxylic acids is 2. The third kappa shape index (κ3) is 5.92. The number of nitrogens with one attached hydrogen (secondary N) is 1. The summed E-state index contributed by atoms with van der Waals surface area (Å²) in [6.07, 6.45) is 2.47. The minimum atomic E-state index is -0.505. The summed E-state index contributed by atoms with van der Waals surface area (Å²) < 4.78 is 5.23. The van der Waals surface area contributed by atoms with Crippen molar-refractivity contribution in [3.63, 3.8) is 0 Å². The second-order valence-corrected chi connectivity index (χ2v) is 8.08. The molecule has 1 fully saturated rings. The molecular formula is C25H32N2O3. The van der Waals surface area contributed by atoms with E-state index in [1.54, 1.807) is 0 Å². The summed E-state index contributed by atoms with van der Waals surface area (Å²) in [5.74, 6) is -0.272. The van der Waals surface area contributed by atoms with Gasteiger partial charge in [0.2, 0.25) is 5.91 Å². The molecule has 30 heavy (non-hydrogen) atoms. The number of ether oxygens (including phenoxy) is 1. The van der Waals surface area contributed by atoms with Crippen LogP contribution in [0.5, 0.6) is 0 Å². The van der Waals surface area contributed by atoms with Crippen molar-refractivity contribution >= 4 is 12.0 Å². The lowest BCUT2D eigenvalue weighted by molar-refractivity contribution is -0.133. The van der Waals surface area contributed by atoms with Gasteiger partial charge in [-0.25, -0.2) is 9.69 Å². The number of cyclic esters (lactones) is 1. The van der Waals surface area contributed by atoms with Crippen molar-refractivity contribution in [1.82, 2.24) is 10.2 Å². The van der Waals surface area contributed by atoms with Crippen LogP contribution in [0.2, 0.25) is 0 Å². The van der Waals surface area contributed by atoms with E-state index in [2.05, 4.69) is 24.4 Å². The lowest BCUT2D eigenvalue weighted by Crippen LogP contribution is -2.43. The van der Waals surface area contributed by atoms with Crippen molar-refractivity contribution < 1.29 is 14.3 Å². The fourth-order valence-electron chi connectivity index (χ4n) is 3.91. The summed E-state index contributed by atoms with van der Waals surface area (Å²) in [5.41, 5.74) is 2.35. The molecule has 0 aromatic heterocycles. The van der Waals surface area contributed by atoms with E-state index in [0.717, 1.165) is 24.9 Å². The molecule has 2 aromatic carbocycles. The van der Waals surface area contributed by atoms with Crippen molar-refractivity contribution in [1.29, 1.82) is 0 Å². The van der Waals surface area contributed by atoms with Crippen LogP contribution >= 0.6 is 0 Å². The fourth-order valence-corrected chi connectivity index (χ4v) is 3.91. The van der Waals surface area contributed by atoms with E-state index in [-0.39, 0.29) is 30.5 Å². The van der Waals surface area contributed by atoms with E-state index < -0.39 is 6.09 Å². The summed E-state index contributed by atoms with van der Waals surface area (Å²) in [5, 5.41) is 3.52. The Hall–Kier alpha value is -2.66. The SMILES string of the molecule is CC[C@@H](CCC(C)NCc1ccccc1)C(=O)N1C(=O)OCC1Cc1ccccc1. The molecule has 160 valence electrons. The maximum Gasteiger partial charge on any atom is 0.416 e. The van der Waals surface area contributed by atoms with Crippen molar-refractivity contribution in [3.8, 4) is 0 Å². The Bertz CT molecular complexity index is 810. The van der Waals surface area contributed by atoms with Crippen LogP contribution in [-0.2, 0) is 22.5 Å². The van der Waals surface area contributed by atoms with Crippen LogP contribution in [0.4, 0.5) is 4.79 Å². The number of hydrogen-bond donors (Lipinski definition) is 1. The number of hydrogen-bond acceptors (Lipinski definition) is 4. The highest BCUT2D eigenvalue weighted by Gasteiger charge is 2.40. The van der Waals surface area contributed by atoms with Crippen molar-refractivity contribution in [2.45, 2.75) is 58.2 Å². The lowest BCUT2D eigenvalue weighted by atomic mass is 9.95. The molecule has 0 radical (unpaired) electrons. The molecule has 1 aliphatic heterocycles. The molecule has 1 aliphatic rings. The standard InChI is InChI=1S/C25H32N2O3/c1-3-22(15-14-19(2)26-17-21-12-8-5-9-13-21)24(28)27-23(18-30-25(27)29)16-20-10-6-4-7-11-20/h4-13,19,22-23,26H,3,14-18H2,1-2H3/t19?,22-,23?/m0/s1. The van der Waals surface area contributed by atoms with E-state index in [1.165, 1.54) is 10.5 Å². The molecule has 2 unspecified atom stereocenters. The number of nitrogens with zero attached hydrogens (tertiary/aromatic N) is 1. The minimum absolute atomic E-state index is 0.101. The molecular weight excluding hydrogens is 376 g/mol. The zero-order chi connectivity index (χ0) is 21.3. The Morgan fingerprint density at radius 1 is 1.07 bits per heavy atom. The van der Waals surface area contributed by atoms with Crippen LogP contribution in [-0.4, -0.2) is 35.6 Å². The zero-order valence-electron chi connectivity index (χ0n) is 17.9. The van der Waals surface area contributed by atoms with Crippen LogP contribution in [0.1, 0.15) is 44.2 Å². The Balaban J connectivity index is 1.53. The lowest BCUT2D eigenvalue weighted by Gasteiger charge is -2.25. The van der Waals surface area contributed by atoms with E-state index in [0.29, 0.717) is 12.8 Å². The largest absolute Gasteiger partial charge is 0.447 e. The zero-order valence-corrected chi connectivity index (χ0v) is 17.9. The van der Waals surface area contributed by atoms with Gasteiger partial charge in [-0.3, -0.25) is 4.79 Å². The Labute approximate surface area is 179 Å². The normalized spacial score (nSPS) is 18.1. The van der Waals surface area contributed by atoms with Crippen LogP contribution in [0.15, 0.2) is 60.7 Å². The molecule has 1 N–H and O–H groups in total. The van der Waals surface area contributed by atoms with Crippen LogP contribution in [0.25, 0.3) is 0 Å². The monoisotopic (exact) mass is 408 g/mol. The molecule has 0 saturated carbocycles. The van der Waals surface area contributed by atoms with Gasteiger partial charge in [0.15, 0.2) is 0 Å². The second kappa shape index (κ2) is 10.9. The minimum Gasteiger partial charge on any atom is -0.447 e. The molecule has 5 heteroatoms. The highest BCUT2D eigenvalue weighted by Crippen LogP contribution is 2.24. The molecule has 1 heterocycles. The molecule has 1 saturated heterocycles. The van der Waals surface area contributed by atoms with Gasteiger partial charge in [-0.05, 0) is 43.7 Å². The van der Waals surface area contributed by atoms with Crippen molar-refractivity contribution in [3.05, 3.63) is 71.8 Å². The van der Waals surface area contributed by atoms with Crippen molar-refractivity contribution in [2.24, 2.45) is 5.92 Å². The molecule has 2 amide bonds. The first kappa shape index (κ1) is 22.0. The smallest absolute Gasteiger partial charge is 0.416 e. The van der Waals surface area contributed by atoms with E-state index in [4.69, 9.17) is 4.74 Å². The highest BCUT2D eigenvalue weighted by molar-refractivity contribution is 5.94. The summed E-state index contributed by atoms with van der Waals surface area (Å²) >= 11 is 0. The summed E-state index contributed by atoms with van der Waals surface area (Å²) in [6.45, 7) is 5.23. The molecule has 2 aromatic rings. The Morgan fingerprint density at radius 2 is 1.70 bits per heavy atom. The van der Waals surface area contributed by atoms with Crippen LogP contribution in [0, 0.1) is 5.92 Å². The number of carbonyl (C=O) groups is 2. The second-order valence-electron chi connectivity index (χ2n) is 8.08. The fraction of sp³-hybridized carbons (Fsp3) is 0.440. The van der Waals surface area contributed by atoms with Gasteiger partial charge in [0.05, 0.1) is 6.04 Å².